The predicted octanol–water partition coefficient (Wildman–Crippen LogP) is 1.84. The molecule has 0 aliphatic carbocycles. The third kappa shape index (κ3) is 8.59. The molecule has 0 fully saturated rings. The number of hydrogen-bond acceptors (Lipinski definition) is 7. The van der Waals surface area contributed by atoms with Crippen molar-refractivity contribution >= 4 is 5.91 Å². The second-order valence-corrected chi connectivity index (χ2v) is 7.06. The van der Waals surface area contributed by atoms with Crippen LogP contribution in [0, 0.1) is 5.92 Å². The van der Waals surface area contributed by atoms with Crippen LogP contribution in [-0.2, 0) is 28.5 Å². The molecular formula is C23H35NO7. The number of amides is 1. The lowest BCUT2D eigenvalue weighted by Gasteiger charge is -2.37. The van der Waals surface area contributed by atoms with Gasteiger partial charge < -0.3 is 34.1 Å². The molecule has 1 heterocycles. The van der Waals surface area contributed by atoms with E-state index < -0.39 is 6.29 Å². The molecule has 1 amide bonds. The minimum atomic E-state index is -0.558. The summed E-state index contributed by atoms with van der Waals surface area (Å²) in [6.07, 6.45) is 2.01. The van der Waals surface area contributed by atoms with Crippen molar-refractivity contribution < 1.29 is 33.6 Å². The molecule has 3 atom stereocenters. The average molecular weight is 438 g/mol. The summed E-state index contributed by atoms with van der Waals surface area (Å²) in [5.41, 5.74) is 1.09. The van der Waals surface area contributed by atoms with Gasteiger partial charge in [-0.05, 0) is 25.0 Å². The van der Waals surface area contributed by atoms with Crippen LogP contribution in [0.15, 0.2) is 42.2 Å². The Morgan fingerprint density at radius 2 is 1.84 bits per heavy atom. The van der Waals surface area contributed by atoms with E-state index in [1.807, 2.05) is 43.3 Å². The van der Waals surface area contributed by atoms with Crippen LogP contribution in [0.2, 0.25) is 0 Å². The maximum atomic E-state index is 12.6. The second-order valence-electron chi connectivity index (χ2n) is 7.06. The number of methoxy groups -OCH3 is 1. The second kappa shape index (κ2) is 14.9. The minimum Gasteiger partial charge on any atom is -0.459 e. The Balaban J connectivity index is 2.10. The lowest BCUT2D eigenvalue weighted by Crippen LogP contribution is -2.40. The van der Waals surface area contributed by atoms with Crippen LogP contribution in [0.25, 0.3) is 0 Å². The van der Waals surface area contributed by atoms with Crippen LogP contribution < -0.4 is 5.32 Å². The van der Waals surface area contributed by atoms with E-state index in [9.17, 15) is 4.79 Å². The Morgan fingerprint density at radius 3 is 2.52 bits per heavy atom. The van der Waals surface area contributed by atoms with Crippen molar-refractivity contribution in [1.29, 1.82) is 0 Å². The maximum absolute atomic E-state index is 12.6. The number of carbonyl (C=O) groups is 1. The van der Waals surface area contributed by atoms with Crippen LogP contribution in [0.3, 0.4) is 0 Å². The number of rotatable bonds is 15. The van der Waals surface area contributed by atoms with Crippen molar-refractivity contribution in [2.75, 3.05) is 59.9 Å². The number of aliphatic hydroxyl groups is 1. The molecule has 0 bridgehead atoms. The van der Waals surface area contributed by atoms with Gasteiger partial charge >= 0.3 is 0 Å². The SMILES string of the molecule is CCO[C@H]1OC(C(=O)NCCOC)=C[C@@H](c2ccccc2)[C@@H]1CCOCCOCCO. The quantitative estimate of drug-likeness (QED) is 0.404. The summed E-state index contributed by atoms with van der Waals surface area (Å²) in [5.74, 6) is -0.0865. The number of carbonyl (C=O) groups excluding carboxylic acids is 1. The highest BCUT2D eigenvalue weighted by Crippen LogP contribution is 2.38. The fourth-order valence-electron chi connectivity index (χ4n) is 3.45. The fraction of sp³-hybridized carbons (Fsp3) is 0.609. The molecule has 1 aromatic carbocycles. The van der Waals surface area contributed by atoms with Gasteiger partial charge in [0.2, 0.25) is 6.29 Å². The van der Waals surface area contributed by atoms with E-state index in [0.29, 0.717) is 52.6 Å². The summed E-state index contributed by atoms with van der Waals surface area (Å²) in [6.45, 7) is 4.91. The van der Waals surface area contributed by atoms with E-state index in [2.05, 4.69) is 5.32 Å². The molecule has 2 rings (SSSR count). The Hall–Kier alpha value is -1.97. The van der Waals surface area contributed by atoms with E-state index >= 15 is 0 Å². The topological polar surface area (TPSA) is 95.5 Å². The molecule has 1 aromatic rings. The van der Waals surface area contributed by atoms with Gasteiger partial charge in [-0.3, -0.25) is 4.79 Å². The van der Waals surface area contributed by atoms with Crippen molar-refractivity contribution in [3.05, 3.63) is 47.7 Å². The molecule has 0 radical (unpaired) electrons. The maximum Gasteiger partial charge on any atom is 0.286 e. The molecule has 174 valence electrons. The third-order valence-corrected chi connectivity index (χ3v) is 4.92. The Bertz CT molecular complexity index is 653. The van der Waals surface area contributed by atoms with Gasteiger partial charge in [0, 0.05) is 38.7 Å². The number of aliphatic hydroxyl groups excluding tert-OH is 1. The predicted molar refractivity (Wildman–Crippen MR) is 115 cm³/mol. The van der Waals surface area contributed by atoms with Crippen molar-refractivity contribution in [1.82, 2.24) is 5.32 Å². The van der Waals surface area contributed by atoms with E-state index in [4.69, 9.17) is 28.8 Å². The number of hydrogen-bond donors (Lipinski definition) is 2. The van der Waals surface area contributed by atoms with E-state index in [1.165, 1.54) is 0 Å². The zero-order chi connectivity index (χ0) is 22.3. The molecule has 1 aliphatic rings. The highest BCUT2D eigenvalue weighted by atomic mass is 16.7. The first kappa shape index (κ1) is 25.3. The lowest BCUT2D eigenvalue weighted by atomic mass is 9.81. The summed E-state index contributed by atoms with van der Waals surface area (Å²) in [6, 6.07) is 10.0. The number of ether oxygens (including phenoxy) is 5. The van der Waals surface area contributed by atoms with Gasteiger partial charge in [-0.1, -0.05) is 30.3 Å². The van der Waals surface area contributed by atoms with Crippen molar-refractivity contribution in [3.63, 3.8) is 0 Å². The third-order valence-electron chi connectivity index (χ3n) is 4.92. The Labute approximate surface area is 184 Å². The molecule has 1 aliphatic heterocycles. The molecule has 8 heteroatoms. The fourth-order valence-corrected chi connectivity index (χ4v) is 3.45. The molecule has 0 saturated heterocycles. The van der Waals surface area contributed by atoms with Gasteiger partial charge in [0.1, 0.15) is 0 Å². The molecule has 8 nitrogen and oxygen atoms in total. The smallest absolute Gasteiger partial charge is 0.286 e. The molecule has 0 spiro atoms. The number of allylic oxidation sites excluding steroid dienone is 1. The summed E-state index contributed by atoms with van der Waals surface area (Å²) in [4.78, 5) is 12.6. The lowest BCUT2D eigenvalue weighted by molar-refractivity contribution is -0.168. The van der Waals surface area contributed by atoms with Crippen molar-refractivity contribution in [2.45, 2.75) is 25.6 Å². The first-order valence-corrected chi connectivity index (χ1v) is 10.8. The molecule has 0 unspecified atom stereocenters. The van der Waals surface area contributed by atoms with Crippen LogP contribution in [0.1, 0.15) is 24.8 Å². The van der Waals surface area contributed by atoms with Crippen LogP contribution in [0.4, 0.5) is 0 Å². The standard InChI is InChI=1S/C23H35NO7/c1-3-30-23-19(9-12-28-15-16-29-14-11-25)20(18-7-5-4-6-8-18)17-21(31-23)22(26)24-10-13-27-2/h4-8,17,19-20,23,25H,3,9-16H2,1-2H3,(H,24,26)/t19-,20-,23-/m0/s1. The van der Waals surface area contributed by atoms with E-state index in [1.54, 1.807) is 7.11 Å². The highest BCUT2D eigenvalue weighted by Gasteiger charge is 2.37. The zero-order valence-electron chi connectivity index (χ0n) is 18.5. The van der Waals surface area contributed by atoms with Gasteiger partial charge in [0.05, 0.1) is 33.0 Å². The molecule has 0 saturated carbocycles. The normalized spacial score (nSPS) is 20.7. The van der Waals surface area contributed by atoms with Crippen LogP contribution >= 0.6 is 0 Å². The summed E-state index contributed by atoms with van der Waals surface area (Å²) >= 11 is 0. The van der Waals surface area contributed by atoms with Crippen molar-refractivity contribution in [3.8, 4) is 0 Å². The Kier molecular flexibility index (Phi) is 12.2. The van der Waals surface area contributed by atoms with Crippen molar-refractivity contribution in [2.24, 2.45) is 5.92 Å². The molecule has 2 N–H and O–H groups in total. The van der Waals surface area contributed by atoms with E-state index in [0.717, 1.165) is 5.56 Å². The zero-order valence-corrected chi connectivity index (χ0v) is 18.5. The summed E-state index contributed by atoms with van der Waals surface area (Å²) < 4.78 is 27.8. The monoisotopic (exact) mass is 437 g/mol. The largest absolute Gasteiger partial charge is 0.459 e. The first-order chi connectivity index (χ1) is 15.2. The summed E-state index contributed by atoms with van der Waals surface area (Å²) in [7, 11) is 1.59. The number of benzene rings is 1. The van der Waals surface area contributed by atoms with Gasteiger partial charge in [0.25, 0.3) is 5.91 Å². The van der Waals surface area contributed by atoms with Gasteiger partial charge in [0.15, 0.2) is 5.76 Å². The van der Waals surface area contributed by atoms with E-state index in [-0.39, 0.29) is 30.1 Å². The highest BCUT2D eigenvalue weighted by molar-refractivity contribution is 5.91. The summed E-state index contributed by atoms with van der Waals surface area (Å²) in [5, 5.41) is 11.6. The number of nitrogens with one attached hydrogen (secondary N) is 1. The Morgan fingerprint density at radius 1 is 1.10 bits per heavy atom. The first-order valence-electron chi connectivity index (χ1n) is 10.8. The van der Waals surface area contributed by atoms with Crippen LogP contribution in [0.5, 0.6) is 0 Å². The van der Waals surface area contributed by atoms with Gasteiger partial charge in [-0.2, -0.15) is 0 Å². The van der Waals surface area contributed by atoms with Crippen LogP contribution in [-0.4, -0.2) is 77.2 Å². The minimum absolute atomic E-state index is 0.00190. The molecule has 0 aromatic heterocycles. The molecular weight excluding hydrogens is 402 g/mol. The molecule has 31 heavy (non-hydrogen) atoms. The average Bonchev–Trinajstić information content (AvgIpc) is 2.79. The van der Waals surface area contributed by atoms with Gasteiger partial charge in [-0.25, -0.2) is 0 Å². The van der Waals surface area contributed by atoms with Gasteiger partial charge in [-0.15, -0.1) is 0 Å².